The average Bonchev–Trinajstić information content (AvgIpc) is 2.76. The first-order chi connectivity index (χ1) is 14.2. The van der Waals surface area contributed by atoms with E-state index in [1.807, 2.05) is 36.5 Å². The average molecular weight is 534 g/mol. The summed E-state index contributed by atoms with van der Waals surface area (Å²) in [7, 11) is 0. The van der Waals surface area contributed by atoms with E-state index in [9.17, 15) is 0 Å². The van der Waals surface area contributed by atoms with Crippen molar-refractivity contribution < 1.29 is 3.07 Å². The molecule has 3 nitrogen and oxygen atoms in total. The molecule has 0 bridgehead atoms. The van der Waals surface area contributed by atoms with Crippen LogP contribution in [0, 0.1) is 0 Å². The van der Waals surface area contributed by atoms with Crippen molar-refractivity contribution in [1.82, 2.24) is 5.43 Å². The van der Waals surface area contributed by atoms with Crippen molar-refractivity contribution >= 4 is 54.7 Å². The van der Waals surface area contributed by atoms with Crippen LogP contribution in [0.15, 0.2) is 59.7 Å². The van der Waals surface area contributed by atoms with Crippen molar-refractivity contribution in [3.05, 3.63) is 65.7 Å². The summed E-state index contributed by atoms with van der Waals surface area (Å²) in [5.74, 6) is 1.81. The number of para-hydroxylation sites is 1. The van der Waals surface area contributed by atoms with Crippen molar-refractivity contribution in [1.29, 1.82) is 0 Å². The molecule has 0 aliphatic carbocycles. The molecule has 0 atom stereocenters. The summed E-state index contributed by atoms with van der Waals surface area (Å²) in [6, 6.07) is 18.5. The fraction of sp³-hybridized carbons (Fsp3) is 0.391. The quantitative estimate of drug-likeness (QED) is 0.141. The minimum absolute atomic E-state index is 0.672. The van der Waals surface area contributed by atoms with Crippen molar-refractivity contribution in [2.75, 3.05) is 0 Å². The van der Waals surface area contributed by atoms with Crippen LogP contribution in [0.5, 0.6) is 5.75 Å². The van der Waals surface area contributed by atoms with E-state index < -0.39 is 20.2 Å². The number of hydrazone groups is 1. The van der Waals surface area contributed by atoms with Gasteiger partial charge in [0.25, 0.3) is 0 Å². The summed E-state index contributed by atoms with van der Waals surface area (Å²) < 4.78 is 9.81. The second kappa shape index (κ2) is 14.9. The number of thioether (sulfide) groups is 1. The Morgan fingerprint density at radius 3 is 2.38 bits per heavy atom. The summed E-state index contributed by atoms with van der Waals surface area (Å²) in [6.45, 7) is 4.51. The molecule has 2 aromatic rings. The molecule has 0 unspecified atom stereocenters. The number of nitrogens with one attached hydrogen (secondary N) is 1. The van der Waals surface area contributed by atoms with E-state index in [1.54, 1.807) is 11.8 Å². The Labute approximate surface area is 193 Å². The van der Waals surface area contributed by atoms with Crippen LogP contribution in [0.1, 0.15) is 50.7 Å². The van der Waals surface area contributed by atoms with Gasteiger partial charge in [-0.1, -0.05) is 6.07 Å². The molecule has 0 fully saturated rings. The predicted molar refractivity (Wildman–Crippen MR) is 133 cm³/mol. The van der Waals surface area contributed by atoms with Crippen LogP contribution < -0.4 is 8.50 Å². The van der Waals surface area contributed by atoms with Gasteiger partial charge in [0.15, 0.2) is 0 Å². The van der Waals surface area contributed by atoms with E-state index in [0.29, 0.717) is 4.32 Å². The van der Waals surface area contributed by atoms with Crippen molar-refractivity contribution in [3.8, 4) is 5.75 Å². The monoisotopic (exact) mass is 535 g/mol. The topological polar surface area (TPSA) is 33.6 Å². The van der Waals surface area contributed by atoms with Gasteiger partial charge in [-0.05, 0) is 0 Å². The summed E-state index contributed by atoms with van der Waals surface area (Å²) in [5, 5.41) is 4.35. The van der Waals surface area contributed by atoms with Crippen LogP contribution in [0.3, 0.4) is 0 Å². The fourth-order valence-corrected chi connectivity index (χ4v) is 10.5. The zero-order chi connectivity index (χ0) is 20.7. The van der Waals surface area contributed by atoms with Crippen molar-refractivity contribution in [2.24, 2.45) is 5.10 Å². The van der Waals surface area contributed by atoms with E-state index in [-0.39, 0.29) is 0 Å². The molecule has 1 N–H and O–H groups in total. The number of benzene rings is 2. The molecule has 2 aromatic carbocycles. The Morgan fingerprint density at radius 1 is 1.03 bits per heavy atom. The summed E-state index contributed by atoms with van der Waals surface area (Å²) in [5.41, 5.74) is 5.24. The zero-order valence-corrected chi connectivity index (χ0v) is 21.9. The molecule has 29 heavy (non-hydrogen) atoms. The van der Waals surface area contributed by atoms with Gasteiger partial charge in [0.05, 0.1) is 0 Å². The maximum atomic E-state index is 6.55. The molecule has 0 saturated carbocycles. The minimum atomic E-state index is -1.86. The van der Waals surface area contributed by atoms with E-state index in [1.165, 1.54) is 40.1 Å². The van der Waals surface area contributed by atoms with Crippen LogP contribution in [-0.4, -0.2) is 30.7 Å². The first-order valence-corrected chi connectivity index (χ1v) is 16.9. The van der Waals surface area contributed by atoms with Crippen LogP contribution in [-0.2, 0) is 5.75 Å². The predicted octanol–water partition coefficient (Wildman–Crippen LogP) is 6.80. The number of nitrogens with zero attached hydrogens (tertiary/aromatic N) is 1. The molecule has 0 aliphatic rings. The maximum absolute atomic E-state index is 6.55. The third-order valence-corrected chi connectivity index (χ3v) is 12.3. The van der Waals surface area contributed by atoms with Crippen molar-refractivity contribution in [3.63, 3.8) is 0 Å². The molecule has 0 saturated heterocycles. The van der Waals surface area contributed by atoms with Gasteiger partial charge in [-0.3, -0.25) is 0 Å². The van der Waals surface area contributed by atoms with Crippen LogP contribution in [0.25, 0.3) is 0 Å². The Kier molecular flexibility index (Phi) is 12.4. The molecular formula is C23H31N2OS2Sn. The Balaban J connectivity index is 1.90. The summed E-state index contributed by atoms with van der Waals surface area (Å²) in [4.78, 5) is 0. The summed E-state index contributed by atoms with van der Waals surface area (Å²) >= 11 is 5.11. The molecule has 0 heterocycles. The van der Waals surface area contributed by atoms with Gasteiger partial charge in [-0.25, -0.2) is 0 Å². The summed E-state index contributed by atoms with van der Waals surface area (Å²) in [6.07, 6.45) is 6.87. The number of rotatable bonds is 12. The van der Waals surface area contributed by atoms with Gasteiger partial charge in [-0.2, -0.15) is 0 Å². The molecule has 0 aromatic heterocycles. The van der Waals surface area contributed by atoms with Gasteiger partial charge < -0.3 is 0 Å². The molecule has 0 amide bonds. The van der Waals surface area contributed by atoms with Crippen LogP contribution in [0.2, 0.25) is 8.87 Å². The van der Waals surface area contributed by atoms with Crippen LogP contribution in [0.4, 0.5) is 0 Å². The number of thiocarbonyl (C=S) groups is 1. The van der Waals surface area contributed by atoms with Gasteiger partial charge in [0.2, 0.25) is 0 Å². The van der Waals surface area contributed by atoms with Crippen LogP contribution >= 0.6 is 24.0 Å². The van der Waals surface area contributed by atoms with Gasteiger partial charge in [0, 0.05) is 0 Å². The van der Waals surface area contributed by atoms with Gasteiger partial charge >= 0.3 is 188 Å². The number of unbranched alkanes of at least 4 members (excludes halogenated alkanes) is 2. The first-order valence-electron chi connectivity index (χ1n) is 10.3. The molecule has 0 spiro atoms. The fourth-order valence-electron chi connectivity index (χ4n) is 2.72. The molecule has 155 valence electrons. The van der Waals surface area contributed by atoms with E-state index in [4.69, 9.17) is 15.3 Å². The molecular weight excluding hydrogens is 503 g/mol. The van der Waals surface area contributed by atoms with E-state index >= 15 is 0 Å². The first kappa shape index (κ1) is 24.2. The molecule has 1 radical (unpaired) electrons. The van der Waals surface area contributed by atoms with E-state index in [0.717, 1.165) is 17.1 Å². The van der Waals surface area contributed by atoms with Crippen molar-refractivity contribution in [2.45, 2.75) is 54.2 Å². The second-order valence-electron chi connectivity index (χ2n) is 6.82. The van der Waals surface area contributed by atoms with Gasteiger partial charge in [-0.15, -0.1) is 0 Å². The Bertz CT molecular complexity index is 748. The van der Waals surface area contributed by atoms with Gasteiger partial charge in [0.1, 0.15) is 0 Å². The third-order valence-electron chi connectivity index (χ3n) is 4.36. The molecule has 6 heteroatoms. The standard InChI is InChI=1S/C15H14N2OS2.2C4H9.Sn/c18-14-9-5-4-8-13(14)10-16-17-15(19)20-11-12-6-2-1-3-7-12;2*1-3-4-2;/h1-10,18H,11H2,(H,17,19);2*1,3-4H2,2H3;/q;;;+1/p-1. The Morgan fingerprint density at radius 2 is 1.69 bits per heavy atom. The number of hydrogen-bond donors (Lipinski definition) is 1. The number of hydrogen-bond acceptors (Lipinski definition) is 4. The second-order valence-corrected chi connectivity index (χ2v) is 15.0. The molecule has 2 rings (SSSR count). The molecule has 0 aliphatic heterocycles. The van der Waals surface area contributed by atoms with E-state index in [2.05, 4.69) is 48.6 Å². The normalized spacial score (nSPS) is 11.1. The Hall–Kier alpha value is -1.05. The third kappa shape index (κ3) is 10.0. The zero-order valence-electron chi connectivity index (χ0n) is 17.4. The SMILES string of the molecule is CCC[CH2][Sn]([CH2]CCC)[O]c1ccccc1C=NNC(=S)SCc1ccccc1.